The highest BCUT2D eigenvalue weighted by molar-refractivity contribution is 7.92. The largest absolute Gasteiger partial charge is 0.507 e. The zero-order chi connectivity index (χ0) is 15.8. The van der Waals surface area contributed by atoms with Crippen molar-refractivity contribution < 1.29 is 31.8 Å². The number of benzene rings is 1. The average molecular weight is 335 g/mol. The molecule has 1 aromatic rings. The number of hydrogen-bond acceptors (Lipinski definition) is 6. The zero-order valence-electron chi connectivity index (χ0n) is 10.7. The molecular formula is C11H13NO7S2. The smallest absolute Gasteiger partial charge is 0.339 e. The van der Waals surface area contributed by atoms with Gasteiger partial charge in [0.05, 0.1) is 16.4 Å². The molecule has 0 spiro atoms. The molecule has 0 unspecified atom stereocenters. The van der Waals surface area contributed by atoms with Gasteiger partial charge in [-0.3, -0.25) is 0 Å². The quantitative estimate of drug-likeness (QED) is 0.678. The maximum absolute atomic E-state index is 12.1. The van der Waals surface area contributed by atoms with Gasteiger partial charge in [-0.05, 0) is 24.6 Å². The maximum Gasteiger partial charge on any atom is 0.339 e. The van der Waals surface area contributed by atoms with Crippen LogP contribution in [0.1, 0.15) is 16.8 Å². The van der Waals surface area contributed by atoms with Crippen molar-refractivity contribution in [2.75, 3.05) is 11.5 Å². The summed E-state index contributed by atoms with van der Waals surface area (Å²) in [7, 11) is -7.29. The summed E-state index contributed by atoms with van der Waals surface area (Å²) in [6, 6.07) is 2.10. The highest BCUT2D eigenvalue weighted by Gasteiger charge is 2.31. The number of sulfonamides is 1. The number of carboxylic acid groups (broad SMARTS) is 1. The van der Waals surface area contributed by atoms with Gasteiger partial charge in [0.1, 0.15) is 11.3 Å². The number of hydrogen-bond donors (Lipinski definition) is 3. The normalized spacial score (nSPS) is 21.2. The molecule has 1 heterocycles. The molecule has 1 aromatic carbocycles. The van der Waals surface area contributed by atoms with E-state index in [1.54, 1.807) is 0 Å². The predicted octanol–water partition coefficient (Wildman–Crippen LogP) is -0.444. The fourth-order valence-corrected chi connectivity index (χ4v) is 5.10. The second-order valence-corrected chi connectivity index (χ2v) is 8.65. The van der Waals surface area contributed by atoms with Crippen LogP contribution in [0.5, 0.6) is 5.75 Å². The van der Waals surface area contributed by atoms with E-state index >= 15 is 0 Å². The number of carboxylic acids is 1. The number of aromatic carboxylic acids is 1. The molecule has 1 saturated heterocycles. The van der Waals surface area contributed by atoms with Crippen LogP contribution in [0.2, 0.25) is 0 Å². The summed E-state index contributed by atoms with van der Waals surface area (Å²) in [5, 5.41) is 18.2. The van der Waals surface area contributed by atoms with Gasteiger partial charge in [0.15, 0.2) is 9.84 Å². The van der Waals surface area contributed by atoms with Crippen molar-refractivity contribution in [1.82, 2.24) is 4.72 Å². The molecule has 1 atom stereocenters. The maximum atomic E-state index is 12.1. The van der Waals surface area contributed by atoms with Crippen LogP contribution in [0, 0.1) is 0 Å². The van der Waals surface area contributed by atoms with E-state index in [-0.39, 0.29) is 22.8 Å². The molecule has 10 heteroatoms. The van der Waals surface area contributed by atoms with Crippen LogP contribution in [-0.4, -0.2) is 50.6 Å². The van der Waals surface area contributed by atoms with Crippen LogP contribution in [0.15, 0.2) is 23.1 Å². The molecule has 3 N–H and O–H groups in total. The highest BCUT2D eigenvalue weighted by Crippen LogP contribution is 2.22. The van der Waals surface area contributed by atoms with Crippen LogP contribution in [0.25, 0.3) is 0 Å². The van der Waals surface area contributed by atoms with Crippen LogP contribution < -0.4 is 4.72 Å². The molecule has 2 rings (SSSR count). The minimum Gasteiger partial charge on any atom is -0.507 e. The van der Waals surface area contributed by atoms with Crippen LogP contribution in [-0.2, 0) is 19.9 Å². The first-order valence-electron chi connectivity index (χ1n) is 5.90. The summed E-state index contributed by atoms with van der Waals surface area (Å²) in [6.45, 7) is 0. The second kappa shape index (κ2) is 5.28. The van der Waals surface area contributed by atoms with E-state index in [0.29, 0.717) is 0 Å². The van der Waals surface area contributed by atoms with Crippen molar-refractivity contribution in [3.05, 3.63) is 23.8 Å². The van der Waals surface area contributed by atoms with E-state index < -0.39 is 43.2 Å². The Morgan fingerprint density at radius 3 is 2.52 bits per heavy atom. The molecule has 1 aliphatic heterocycles. The summed E-state index contributed by atoms with van der Waals surface area (Å²) in [6.07, 6.45) is 0.172. The first-order chi connectivity index (χ1) is 9.61. The highest BCUT2D eigenvalue weighted by atomic mass is 32.2. The predicted molar refractivity (Wildman–Crippen MR) is 72.4 cm³/mol. The molecule has 0 bridgehead atoms. The molecule has 21 heavy (non-hydrogen) atoms. The molecular weight excluding hydrogens is 322 g/mol. The topological polar surface area (TPSA) is 138 Å². The van der Waals surface area contributed by atoms with Crippen molar-refractivity contribution in [3.8, 4) is 5.75 Å². The lowest BCUT2D eigenvalue weighted by Gasteiger charge is -2.12. The van der Waals surface area contributed by atoms with Gasteiger partial charge in [0.2, 0.25) is 10.0 Å². The lowest BCUT2D eigenvalue weighted by molar-refractivity contribution is 0.0693. The van der Waals surface area contributed by atoms with E-state index in [1.807, 2.05) is 0 Å². The monoisotopic (exact) mass is 335 g/mol. The Bertz CT molecular complexity index is 783. The SMILES string of the molecule is O=C(O)c1cc(S(=O)(=O)N[C@H]2CCS(=O)(=O)C2)ccc1O. The van der Waals surface area contributed by atoms with Gasteiger partial charge in [-0.25, -0.2) is 26.4 Å². The summed E-state index contributed by atoms with van der Waals surface area (Å²) < 4.78 is 49.1. The summed E-state index contributed by atoms with van der Waals surface area (Å²) in [5.41, 5.74) is -0.545. The minimum atomic E-state index is -4.06. The van der Waals surface area contributed by atoms with Crippen molar-refractivity contribution in [1.29, 1.82) is 0 Å². The third kappa shape index (κ3) is 3.52. The van der Waals surface area contributed by atoms with E-state index in [0.717, 1.165) is 18.2 Å². The number of carbonyl (C=O) groups is 1. The molecule has 1 aliphatic rings. The minimum absolute atomic E-state index is 0.0872. The van der Waals surface area contributed by atoms with Crippen LogP contribution in [0.3, 0.4) is 0 Å². The van der Waals surface area contributed by atoms with E-state index in [1.165, 1.54) is 0 Å². The van der Waals surface area contributed by atoms with Gasteiger partial charge in [-0.15, -0.1) is 0 Å². The van der Waals surface area contributed by atoms with Crippen molar-refractivity contribution >= 4 is 25.8 Å². The third-order valence-corrected chi connectivity index (χ3v) is 6.35. The fourth-order valence-electron chi connectivity index (χ4n) is 2.03. The number of nitrogens with one attached hydrogen (secondary N) is 1. The third-order valence-electron chi connectivity index (χ3n) is 3.06. The van der Waals surface area contributed by atoms with Gasteiger partial charge in [-0.1, -0.05) is 0 Å². The number of phenols is 1. The molecule has 0 saturated carbocycles. The Hall–Kier alpha value is -1.65. The lowest BCUT2D eigenvalue weighted by Crippen LogP contribution is -2.35. The van der Waals surface area contributed by atoms with Gasteiger partial charge in [0.25, 0.3) is 0 Å². The Kier molecular flexibility index (Phi) is 3.95. The molecule has 0 aromatic heterocycles. The molecule has 8 nitrogen and oxygen atoms in total. The Morgan fingerprint density at radius 2 is 2.00 bits per heavy atom. The van der Waals surface area contributed by atoms with E-state index in [2.05, 4.69) is 4.72 Å². The van der Waals surface area contributed by atoms with Gasteiger partial charge >= 0.3 is 5.97 Å². The summed E-state index contributed by atoms with van der Waals surface area (Å²) >= 11 is 0. The summed E-state index contributed by atoms with van der Waals surface area (Å²) in [5.74, 6) is -2.38. The summed E-state index contributed by atoms with van der Waals surface area (Å²) in [4.78, 5) is 10.5. The lowest BCUT2D eigenvalue weighted by atomic mass is 10.2. The zero-order valence-corrected chi connectivity index (χ0v) is 12.3. The molecule has 0 amide bonds. The van der Waals surface area contributed by atoms with Crippen LogP contribution in [0.4, 0.5) is 0 Å². The number of aromatic hydroxyl groups is 1. The fraction of sp³-hybridized carbons (Fsp3) is 0.364. The van der Waals surface area contributed by atoms with Crippen molar-refractivity contribution in [2.45, 2.75) is 17.4 Å². The molecule has 0 aliphatic carbocycles. The van der Waals surface area contributed by atoms with Crippen LogP contribution >= 0.6 is 0 Å². The first kappa shape index (κ1) is 15.7. The standard InChI is InChI=1S/C11H13NO7S2/c13-10-2-1-8(5-9(10)11(14)15)21(18,19)12-7-3-4-20(16,17)6-7/h1-2,5,7,12-13H,3-4,6H2,(H,14,15)/t7-/m0/s1. The Morgan fingerprint density at radius 1 is 1.33 bits per heavy atom. The van der Waals surface area contributed by atoms with Gasteiger partial charge in [-0.2, -0.15) is 0 Å². The van der Waals surface area contributed by atoms with E-state index in [9.17, 15) is 26.7 Å². The Balaban J connectivity index is 2.28. The molecule has 1 fully saturated rings. The second-order valence-electron chi connectivity index (χ2n) is 4.71. The van der Waals surface area contributed by atoms with Gasteiger partial charge < -0.3 is 10.2 Å². The Labute approximate surface area is 121 Å². The van der Waals surface area contributed by atoms with E-state index in [4.69, 9.17) is 5.11 Å². The van der Waals surface area contributed by atoms with Gasteiger partial charge in [0, 0.05) is 6.04 Å². The first-order valence-corrected chi connectivity index (χ1v) is 9.20. The van der Waals surface area contributed by atoms with Crippen molar-refractivity contribution in [2.24, 2.45) is 0 Å². The number of rotatable bonds is 4. The van der Waals surface area contributed by atoms with Crippen molar-refractivity contribution in [3.63, 3.8) is 0 Å². The average Bonchev–Trinajstić information content (AvgIpc) is 2.67. The molecule has 116 valence electrons. The molecule has 0 radical (unpaired) electrons. The number of sulfone groups is 1.